The molecule has 1 saturated heterocycles. The third kappa shape index (κ3) is 3.79. The highest BCUT2D eigenvalue weighted by molar-refractivity contribution is 7.88. The lowest BCUT2D eigenvalue weighted by Crippen LogP contribution is -2.49. The molecule has 0 radical (unpaired) electrons. The van der Waals surface area contributed by atoms with Gasteiger partial charge in [-0.3, -0.25) is 0 Å². The van der Waals surface area contributed by atoms with Crippen molar-refractivity contribution < 1.29 is 8.42 Å². The van der Waals surface area contributed by atoms with Gasteiger partial charge in [0.1, 0.15) is 0 Å². The van der Waals surface area contributed by atoms with Crippen molar-refractivity contribution >= 4 is 15.7 Å². The van der Waals surface area contributed by atoms with Gasteiger partial charge in [-0.05, 0) is 31.0 Å². The highest BCUT2D eigenvalue weighted by Gasteiger charge is 2.27. The summed E-state index contributed by atoms with van der Waals surface area (Å²) < 4.78 is 26.9. The molecular formula is C19H24N2O2S. The van der Waals surface area contributed by atoms with E-state index in [2.05, 4.69) is 36.9 Å². The molecule has 2 aromatic rings. The number of hydrogen-bond donors (Lipinski definition) is 0. The van der Waals surface area contributed by atoms with Gasteiger partial charge in [0, 0.05) is 31.9 Å². The highest BCUT2D eigenvalue weighted by atomic mass is 32.2. The SMILES string of the molecule is Cc1ccc(N2CCN(S(=O)(=O)Cc3ccccc3)CC2)c(C)c1. The summed E-state index contributed by atoms with van der Waals surface area (Å²) in [7, 11) is -3.25. The summed E-state index contributed by atoms with van der Waals surface area (Å²) in [5, 5.41) is 0. The van der Waals surface area contributed by atoms with Crippen molar-refractivity contribution in [2.75, 3.05) is 31.1 Å². The molecule has 5 heteroatoms. The van der Waals surface area contributed by atoms with E-state index in [0.717, 1.165) is 18.7 Å². The van der Waals surface area contributed by atoms with Crippen molar-refractivity contribution in [2.45, 2.75) is 19.6 Å². The summed E-state index contributed by atoms with van der Waals surface area (Å²) in [5.74, 6) is 0.0808. The fourth-order valence-electron chi connectivity index (χ4n) is 3.24. The first-order chi connectivity index (χ1) is 11.5. The van der Waals surface area contributed by atoms with Crippen molar-refractivity contribution in [3.8, 4) is 0 Å². The van der Waals surface area contributed by atoms with Crippen molar-refractivity contribution in [3.05, 3.63) is 65.2 Å². The van der Waals surface area contributed by atoms with Gasteiger partial charge in [0.2, 0.25) is 10.0 Å². The van der Waals surface area contributed by atoms with E-state index in [1.165, 1.54) is 16.8 Å². The maximum atomic E-state index is 12.6. The van der Waals surface area contributed by atoms with E-state index in [1.807, 2.05) is 30.3 Å². The van der Waals surface area contributed by atoms with Crippen LogP contribution in [0, 0.1) is 13.8 Å². The van der Waals surface area contributed by atoms with Crippen LogP contribution in [-0.2, 0) is 15.8 Å². The maximum Gasteiger partial charge on any atom is 0.218 e. The van der Waals surface area contributed by atoms with Gasteiger partial charge in [0.25, 0.3) is 0 Å². The van der Waals surface area contributed by atoms with Gasteiger partial charge in [0.05, 0.1) is 5.75 Å². The van der Waals surface area contributed by atoms with Gasteiger partial charge >= 0.3 is 0 Å². The zero-order valence-electron chi connectivity index (χ0n) is 14.3. The number of hydrogen-bond acceptors (Lipinski definition) is 3. The fourth-order valence-corrected chi connectivity index (χ4v) is 4.76. The van der Waals surface area contributed by atoms with Crippen LogP contribution in [-0.4, -0.2) is 38.9 Å². The number of benzene rings is 2. The Kier molecular flexibility index (Phi) is 4.92. The molecule has 0 saturated carbocycles. The van der Waals surface area contributed by atoms with Crippen LogP contribution in [0.15, 0.2) is 48.5 Å². The van der Waals surface area contributed by atoms with Gasteiger partial charge in [0.15, 0.2) is 0 Å². The molecule has 3 rings (SSSR count). The third-order valence-electron chi connectivity index (χ3n) is 4.52. The Hall–Kier alpha value is -1.85. The first-order valence-corrected chi connectivity index (χ1v) is 9.90. The van der Waals surface area contributed by atoms with Gasteiger partial charge in [-0.1, -0.05) is 48.0 Å². The Labute approximate surface area is 144 Å². The van der Waals surface area contributed by atoms with Crippen LogP contribution in [0.25, 0.3) is 0 Å². The van der Waals surface area contributed by atoms with Crippen molar-refractivity contribution in [2.24, 2.45) is 0 Å². The Morgan fingerprint density at radius 2 is 1.58 bits per heavy atom. The molecule has 1 heterocycles. The molecule has 0 aromatic heterocycles. The second-order valence-electron chi connectivity index (χ2n) is 6.42. The maximum absolute atomic E-state index is 12.6. The number of sulfonamides is 1. The monoisotopic (exact) mass is 344 g/mol. The standard InChI is InChI=1S/C19H24N2O2S/c1-16-8-9-19(17(2)14-16)20-10-12-21(13-11-20)24(22,23)15-18-6-4-3-5-7-18/h3-9,14H,10-13,15H2,1-2H3. The molecule has 0 aliphatic carbocycles. The van der Waals surface area contributed by atoms with E-state index < -0.39 is 10.0 Å². The largest absolute Gasteiger partial charge is 0.369 e. The summed E-state index contributed by atoms with van der Waals surface area (Å²) >= 11 is 0. The van der Waals surface area contributed by atoms with Crippen LogP contribution in [0.3, 0.4) is 0 Å². The van der Waals surface area contributed by atoms with Gasteiger partial charge in [-0.15, -0.1) is 0 Å². The molecular weight excluding hydrogens is 320 g/mol. The molecule has 0 N–H and O–H groups in total. The summed E-state index contributed by atoms with van der Waals surface area (Å²) in [6.07, 6.45) is 0. The molecule has 0 spiro atoms. The first-order valence-electron chi connectivity index (χ1n) is 8.30. The Morgan fingerprint density at radius 3 is 2.21 bits per heavy atom. The summed E-state index contributed by atoms with van der Waals surface area (Å²) in [5.41, 5.74) is 4.55. The second kappa shape index (κ2) is 6.95. The van der Waals surface area contributed by atoms with Crippen molar-refractivity contribution in [1.82, 2.24) is 4.31 Å². The van der Waals surface area contributed by atoms with Crippen LogP contribution in [0.2, 0.25) is 0 Å². The van der Waals surface area contributed by atoms with Crippen LogP contribution in [0.5, 0.6) is 0 Å². The molecule has 2 aromatic carbocycles. The van der Waals surface area contributed by atoms with Crippen molar-refractivity contribution in [1.29, 1.82) is 0 Å². The average Bonchev–Trinajstić information content (AvgIpc) is 2.55. The normalized spacial score (nSPS) is 16.3. The van der Waals surface area contributed by atoms with E-state index in [-0.39, 0.29) is 5.75 Å². The molecule has 0 unspecified atom stereocenters. The zero-order chi connectivity index (χ0) is 17.2. The summed E-state index contributed by atoms with van der Waals surface area (Å²) in [6, 6.07) is 15.8. The van der Waals surface area contributed by atoms with Gasteiger partial charge < -0.3 is 4.90 Å². The zero-order valence-corrected chi connectivity index (χ0v) is 15.1. The third-order valence-corrected chi connectivity index (χ3v) is 6.37. The van der Waals surface area contributed by atoms with Crippen LogP contribution < -0.4 is 4.90 Å². The number of aryl methyl sites for hydroxylation is 2. The lowest BCUT2D eigenvalue weighted by atomic mass is 10.1. The first kappa shape index (κ1) is 17.0. The van der Waals surface area contributed by atoms with E-state index >= 15 is 0 Å². The molecule has 0 amide bonds. The molecule has 0 bridgehead atoms. The predicted molar refractivity (Wildman–Crippen MR) is 98.8 cm³/mol. The Bertz CT molecular complexity index is 795. The molecule has 0 atom stereocenters. The molecule has 1 aliphatic rings. The smallest absolute Gasteiger partial charge is 0.218 e. The predicted octanol–water partition coefficient (Wildman–Crippen LogP) is 2.96. The minimum Gasteiger partial charge on any atom is -0.369 e. The minimum absolute atomic E-state index is 0.0808. The number of nitrogens with zero attached hydrogens (tertiary/aromatic N) is 2. The molecule has 1 aliphatic heterocycles. The van der Waals surface area contributed by atoms with Crippen molar-refractivity contribution in [3.63, 3.8) is 0 Å². The van der Waals surface area contributed by atoms with Gasteiger partial charge in [-0.2, -0.15) is 4.31 Å². The molecule has 128 valence electrons. The van der Waals surface area contributed by atoms with E-state index in [1.54, 1.807) is 4.31 Å². The highest BCUT2D eigenvalue weighted by Crippen LogP contribution is 2.23. The fraction of sp³-hybridized carbons (Fsp3) is 0.368. The summed E-state index contributed by atoms with van der Waals surface area (Å²) in [6.45, 7) is 6.76. The molecule has 24 heavy (non-hydrogen) atoms. The van der Waals surface area contributed by atoms with E-state index in [9.17, 15) is 8.42 Å². The van der Waals surface area contributed by atoms with E-state index in [0.29, 0.717) is 13.1 Å². The Balaban J connectivity index is 1.66. The molecule has 1 fully saturated rings. The number of piperazine rings is 1. The average molecular weight is 344 g/mol. The summed E-state index contributed by atoms with van der Waals surface area (Å²) in [4.78, 5) is 2.28. The van der Waals surface area contributed by atoms with Gasteiger partial charge in [-0.25, -0.2) is 8.42 Å². The van der Waals surface area contributed by atoms with Crippen LogP contribution >= 0.6 is 0 Å². The topological polar surface area (TPSA) is 40.6 Å². The van der Waals surface area contributed by atoms with Crippen LogP contribution in [0.1, 0.15) is 16.7 Å². The minimum atomic E-state index is -3.25. The number of anilines is 1. The quantitative estimate of drug-likeness (QED) is 0.856. The Morgan fingerprint density at radius 1 is 0.917 bits per heavy atom. The lowest BCUT2D eigenvalue weighted by Gasteiger charge is -2.36. The lowest BCUT2D eigenvalue weighted by molar-refractivity contribution is 0.384. The molecule has 4 nitrogen and oxygen atoms in total. The van der Waals surface area contributed by atoms with E-state index in [4.69, 9.17) is 0 Å². The van der Waals surface area contributed by atoms with Crippen LogP contribution in [0.4, 0.5) is 5.69 Å². The second-order valence-corrected chi connectivity index (χ2v) is 8.39. The number of rotatable bonds is 4.